The molecule has 0 aliphatic carbocycles. The normalized spacial score (nSPS) is 11.8. The number of phenolic OH excluding ortho intramolecular Hbond substituents is 4. The molecule has 382 valence electrons. The first-order valence-electron chi connectivity index (χ1n) is 18.0. The van der Waals surface area contributed by atoms with Crippen LogP contribution in [0.15, 0.2) is 159 Å². The smallest absolute Gasteiger partial charge is 0.744 e. The van der Waals surface area contributed by atoms with E-state index in [1.807, 2.05) is 0 Å². The van der Waals surface area contributed by atoms with Crippen molar-refractivity contribution in [1.82, 2.24) is 0 Å². The molecule has 0 saturated carbocycles. The summed E-state index contributed by atoms with van der Waals surface area (Å²) in [7, 11) is -15.0. The Bertz CT molecular complexity index is 3500. The number of aromatic hydroxyl groups is 4. The molecule has 0 aliphatic heterocycles. The van der Waals surface area contributed by atoms with Gasteiger partial charge in [0.1, 0.15) is 97.2 Å². The number of hydrogen-bond donors (Lipinski definition) is 6. The summed E-state index contributed by atoms with van der Waals surface area (Å²) >= 11 is 0.355. The van der Waals surface area contributed by atoms with Gasteiger partial charge in [0.05, 0.1) is 41.9 Å². The Morgan fingerprint density at radius 2 is 0.893 bits per heavy atom. The van der Waals surface area contributed by atoms with Crippen LogP contribution in [0.3, 0.4) is 0 Å². The molecule has 6 rings (SSSR count). The van der Waals surface area contributed by atoms with Gasteiger partial charge < -0.3 is 39.3 Å². The van der Waals surface area contributed by atoms with Crippen LogP contribution in [0.4, 0.5) is 45.5 Å². The average Bonchev–Trinajstić information content (AvgIpc) is 3.27. The van der Waals surface area contributed by atoms with Crippen LogP contribution in [0.25, 0.3) is 12.2 Å². The molecule has 0 aromatic heterocycles. The van der Waals surface area contributed by atoms with E-state index >= 15 is 0 Å². The van der Waals surface area contributed by atoms with Crippen molar-refractivity contribution >= 4 is 100 Å². The second-order valence-corrected chi connectivity index (χ2v) is 18.0. The minimum Gasteiger partial charge on any atom is -0.744 e. The van der Waals surface area contributed by atoms with Crippen LogP contribution in [-0.2, 0) is 73.9 Å². The van der Waals surface area contributed by atoms with E-state index in [0.29, 0.717) is 16.9 Å². The Morgan fingerprint density at radius 1 is 0.493 bits per heavy atom. The van der Waals surface area contributed by atoms with E-state index in [9.17, 15) is 75.0 Å². The molecule has 2 radical (unpaired) electrons. The van der Waals surface area contributed by atoms with Crippen molar-refractivity contribution < 1.29 is 246 Å². The summed E-state index contributed by atoms with van der Waals surface area (Å²) in [5.41, 5.74) is -1.84. The second-order valence-electron chi connectivity index (χ2n) is 13.2. The summed E-state index contributed by atoms with van der Waals surface area (Å²) in [5, 5.41) is 99.0. The van der Waals surface area contributed by atoms with Gasteiger partial charge in [0.15, 0.2) is 0 Å². The van der Waals surface area contributed by atoms with Gasteiger partial charge >= 0.3 is 118 Å². The van der Waals surface area contributed by atoms with Gasteiger partial charge in [0.2, 0.25) is 0 Å². The predicted molar refractivity (Wildman–Crippen MR) is 229 cm³/mol. The third kappa shape index (κ3) is 20.8. The predicted octanol–water partition coefficient (Wildman–Crippen LogP) is -4.27. The molecular weight excluding hydrogens is 1220 g/mol. The van der Waals surface area contributed by atoms with Gasteiger partial charge in [-0.05, 0) is 83.9 Å². The summed E-state index contributed by atoms with van der Waals surface area (Å²) in [5.74, 6) is -2.17. The Morgan fingerprint density at radius 3 is 1.29 bits per heavy atom. The number of nitrogens with zero attached hydrogens (tertiary/aromatic N) is 8. The van der Waals surface area contributed by atoms with Gasteiger partial charge in [-0.3, -0.25) is 15.5 Å². The first-order valence-corrected chi connectivity index (χ1v) is 23.0. The van der Waals surface area contributed by atoms with Crippen LogP contribution in [0.1, 0.15) is 18.6 Å². The van der Waals surface area contributed by atoms with Gasteiger partial charge in [-0.25, -0.2) is 25.3 Å². The van der Waals surface area contributed by atoms with Crippen molar-refractivity contribution in [2.24, 2.45) is 30.7 Å². The SMILES string of the molecule is C.O=S(=O)([O-])c1ccc(O)c(N=Nc2ccc(N=[N+](O)c3ccc(/C=C/c4ccc([N+](O)=Nc5ccc(N=Nc6cc(S(=O)(=O)[O-])ccc6O)c(O)c5)cc4S(=O)(=O)[O-])c(SOO[O-])c3)cc2O)c1.[Cu].[Cu].[Na+].[Na+].[Na+].[Na+]. The number of azo groups is 4. The minimum absolute atomic E-state index is 0. The fraction of sp³-hybridized carbons (Fsp3) is 0.0256. The molecule has 0 bridgehead atoms. The number of hydrogen-bond acceptors (Lipinski definition) is 23. The summed E-state index contributed by atoms with van der Waals surface area (Å²) in [6.07, 6.45) is 2.47. The standard InChI is InChI=1S/C38H28N8O18S4.CH4.2Cu.4Na/c47-33-13-9-27(66(54,55)56)19-31(33)41-39-29-11-5-23(15-35(29)49)43-45(51)25-7-3-21(37(17-25)65-64-63-53)1-2-22-4-8-26(18-38(22)68(60,61)62)46(52)44-24-6-12-30(36(50)16-24)40-42-32-20-28(67(57,58)59)10-14-34(32)48;;;;;;;/h1-20,51-52H,(H6,43,44,49,50,53,54,55,56,57,58,59,60,61,62);1H4;;;;;;/q;;;;4*+1/p-2/b2-1+;;;;;;;. The van der Waals surface area contributed by atoms with Crippen LogP contribution in [-0.4, -0.2) is 79.5 Å². The first kappa shape index (κ1) is 74.3. The van der Waals surface area contributed by atoms with E-state index < -0.39 is 79.4 Å². The molecule has 0 atom stereocenters. The molecule has 0 amide bonds. The van der Waals surface area contributed by atoms with Gasteiger partial charge in [0, 0.05) is 70.5 Å². The summed E-state index contributed by atoms with van der Waals surface area (Å²) in [4.78, 5) is -1.61. The molecule has 75 heavy (non-hydrogen) atoms. The van der Waals surface area contributed by atoms with Crippen LogP contribution in [0, 0.1) is 0 Å². The molecule has 26 nitrogen and oxygen atoms in total. The molecular formula is C39H30Cu2N8Na4O18S4+2. The monoisotopic (exact) mass is 1240 g/mol. The van der Waals surface area contributed by atoms with E-state index in [1.54, 1.807) is 0 Å². The largest absolute Gasteiger partial charge is 1.00 e. The zero-order chi connectivity index (χ0) is 49.6. The van der Waals surface area contributed by atoms with Crippen LogP contribution >= 0.6 is 12.0 Å². The van der Waals surface area contributed by atoms with Crippen molar-refractivity contribution in [3.8, 4) is 23.0 Å². The summed E-state index contributed by atoms with van der Waals surface area (Å²) < 4.78 is 109. The fourth-order valence-electron chi connectivity index (χ4n) is 5.43. The van der Waals surface area contributed by atoms with E-state index in [4.69, 9.17) is 0 Å². The molecule has 0 fully saturated rings. The van der Waals surface area contributed by atoms with Gasteiger partial charge in [0.25, 0.3) is 11.4 Å². The molecule has 0 saturated heterocycles. The summed E-state index contributed by atoms with van der Waals surface area (Å²) in [6.45, 7) is 0. The zero-order valence-corrected chi connectivity index (χ0v) is 51.1. The molecule has 6 aromatic carbocycles. The van der Waals surface area contributed by atoms with E-state index in [0.717, 1.165) is 66.7 Å². The van der Waals surface area contributed by atoms with Crippen LogP contribution in [0.5, 0.6) is 23.0 Å². The Balaban J connectivity index is 0. The third-order valence-corrected chi connectivity index (χ3v) is 11.9. The second kappa shape index (κ2) is 32.4. The topological polar surface area (TPSA) is 415 Å². The molecule has 0 spiro atoms. The number of phenols is 4. The van der Waals surface area contributed by atoms with E-state index in [2.05, 4.69) is 40.1 Å². The van der Waals surface area contributed by atoms with E-state index in [1.165, 1.54) is 54.6 Å². The molecule has 6 aromatic rings. The Hall–Kier alpha value is -2.74. The molecule has 36 heteroatoms. The van der Waals surface area contributed by atoms with Crippen molar-refractivity contribution in [3.63, 3.8) is 0 Å². The van der Waals surface area contributed by atoms with Crippen LogP contribution < -0.4 is 123 Å². The number of benzene rings is 6. The van der Waals surface area contributed by atoms with Crippen LogP contribution in [0.2, 0.25) is 0 Å². The fourth-order valence-corrected chi connectivity index (χ4v) is 7.61. The van der Waals surface area contributed by atoms with Crippen molar-refractivity contribution in [2.45, 2.75) is 27.0 Å². The van der Waals surface area contributed by atoms with Crippen molar-refractivity contribution in [1.29, 1.82) is 0 Å². The maximum Gasteiger partial charge on any atom is 1.00 e. The van der Waals surface area contributed by atoms with Crippen molar-refractivity contribution in [2.75, 3.05) is 0 Å². The Kier molecular flexibility index (Phi) is 32.1. The maximum atomic E-state index is 12.4. The molecule has 0 aliphatic rings. The quantitative estimate of drug-likeness (QED) is 0.00781. The zero-order valence-electron chi connectivity index (χ0n) is 37.9. The number of rotatable bonds is 16. The summed E-state index contributed by atoms with van der Waals surface area (Å²) in [6, 6.07) is 18.9. The third-order valence-electron chi connectivity index (χ3n) is 8.66. The minimum atomic E-state index is -5.25. The van der Waals surface area contributed by atoms with Crippen molar-refractivity contribution in [3.05, 3.63) is 120 Å². The maximum absolute atomic E-state index is 12.4. The average molecular weight is 1250 g/mol. The molecule has 0 unspecified atom stereocenters. The van der Waals surface area contributed by atoms with Gasteiger partial charge in [-0.1, -0.05) is 19.6 Å². The molecule has 6 N–H and O–H groups in total. The van der Waals surface area contributed by atoms with Gasteiger partial charge in [-0.15, -0.1) is 20.5 Å². The van der Waals surface area contributed by atoms with E-state index in [-0.39, 0.29) is 215 Å². The Labute approximate surface area is 540 Å². The molecule has 0 heterocycles. The first-order chi connectivity index (χ1) is 32.0. The van der Waals surface area contributed by atoms with Gasteiger partial charge in [-0.2, -0.15) is 4.33 Å².